The first-order valence-corrected chi connectivity index (χ1v) is 10.0. The lowest BCUT2D eigenvalue weighted by molar-refractivity contribution is -0.159. The lowest BCUT2D eigenvalue weighted by Gasteiger charge is -2.14. The van der Waals surface area contributed by atoms with Crippen molar-refractivity contribution in [2.45, 2.75) is 19.7 Å². The number of amides is 1. The van der Waals surface area contributed by atoms with Gasteiger partial charge in [0.15, 0.2) is 23.3 Å². The van der Waals surface area contributed by atoms with Gasteiger partial charge in [-0.1, -0.05) is 24.2 Å². The zero-order chi connectivity index (χ0) is 26.6. The van der Waals surface area contributed by atoms with Crippen molar-refractivity contribution < 1.29 is 49.3 Å². The van der Waals surface area contributed by atoms with Crippen LogP contribution in [0.5, 0.6) is 0 Å². The van der Waals surface area contributed by atoms with Gasteiger partial charge in [0.2, 0.25) is 11.6 Å². The number of hydroxylamine groups is 1. The van der Waals surface area contributed by atoms with Crippen molar-refractivity contribution in [3.8, 4) is 11.4 Å². The monoisotopic (exact) mass is 524 g/mol. The van der Waals surface area contributed by atoms with Gasteiger partial charge in [-0.15, -0.1) is 0 Å². The largest absolute Gasteiger partial charge is 0.471 e. The molecular formula is C21H16F8N4O3. The molecule has 3 rings (SSSR count). The predicted molar refractivity (Wildman–Crippen MR) is 105 cm³/mol. The Labute approximate surface area is 197 Å². The molecular weight excluding hydrogens is 508 g/mol. The van der Waals surface area contributed by atoms with E-state index in [9.17, 15) is 39.9 Å². The molecule has 36 heavy (non-hydrogen) atoms. The minimum atomic E-state index is -4.79. The first kappa shape index (κ1) is 27.0. The fourth-order valence-corrected chi connectivity index (χ4v) is 2.77. The normalized spacial score (nSPS) is 12.6. The van der Waals surface area contributed by atoms with Gasteiger partial charge in [0, 0.05) is 24.2 Å². The molecule has 0 aliphatic heterocycles. The number of nitrogens with zero attached hydrogens (tertiary/aromatic N) is 2. The van der Waals surface area contributed by atoms with Crippen LogP contribution in [0.2, 0.25) is 0 Å². The average Bonchev–Trinajstić information content (AvgIpc) is 3.35. The number of carbonyl (C=O) groups is 1. The van der Waals surface area contributed by atoms with E-state index in [0.29, 0.717) is 0 Å². The Balaban J connectivity index is 1.45. The summed E-state index contributed by atoms with van der Waals surface area (Å²) >= 11 is 0. The fraction of sp³-hybridized carbons (Fsp3) is 0.286. The number of benzene rings is 2. The Morgan fingerprint density at radius 1 is 0.972 bits per heavy atom. The minimum Gasteiger partial charge on any atom is -0.352 e. The van der Waals surface area contributed by atoms with Gasteiger partial charge in [0.05, 0.1) is 12.2 Å². The van der Waals surface area contributed by atoms with Crippen molar-refractivity contribution in [3.05, 3.63) is 70.4 Å². The van der Waals surface area contributed by atoms with E-state index in [1.54, 1.807) is 6.92 Å². The van der Waals surface area contributed by atoms with Crippen molar-refractivity contribution in [1.82, 2.24) is 20.9 Å². The van der Waals surface area contributed by atoms with E-state index in [1.807, 2.05) is 0 Å². The second-order valence-electron chi connectivity index (χ2n) is 7.50. The molecule has 1 aromatic heterocycles. The molecule has 2 aromatic carbocycles. The van der Waals surface area contributed by atoms with Gasteiger partial charge < -0.3 is 9.84 Å². The average molecular weight is 524 g/mol. The Kier molecular flexibility index (Phi) is 8.24. The van der Waals surface area contributed by atoms with Crippen molar-refractivity contribution in [2.75, 3.05) is 13.1 Å². The maximum absolute atomic E-state index is 13.6. The molecule has 0 spiro atoms. The number of aromatic nitrogens is 2. The molecule has 0 saturated heterocycles. The second kappa shape index (κ2) is 11.0. The van der Waals surface area contributed by atoms with Crippen LogP contribution < -0.4 is 10.8 Å². The summed E-state index contributed by atoms with van der Waals surface area (Å²) in [7, 11) is 0. The quantitative estimate of drug-likeness (QED) is 0.141. The van der Waals surface area contributed by atoms with E-state index in [0.717, 1.165) is 0 Å². The highest BCUT2D eigenvalue weighted by atomic mass is 19.4. The molecule has 0 saturated carbocycles. The number of rotatable bonds is 9. The highest BCUT2D eigenvalue weighted by Gasteiger charge is 2.38. The summed E-state index contributed by atoms with van der Waals surface area (Å²) in [6.45, 7) is 0.849. The number of alkyl halides is 3. The third-order valence-corrected chi connectivity index (χ3v) is 4.74. The number of halogens is 8. The van der Waals surface area contributed by atoms with Gasteiger partial charge in [-0.05, 0) is 18.1 Å². The summed E-state index contributed by atoms with van der Waals surface area (Å²) in [6, 6.07) is 5.34. The van der Waals surface area contributed by atoms with Crippen LogP contribution in [-0.4, -0.2) is 29.1 Å². The van der Waals surface area contributed by atoms with Gasteiger partial charge in [0.25, 0.3) is 5.91 Å². The number of hydrogen-bond donors (Lipinski definition) is 2. The fourth-order valence-electron chi connectivity index (χ4n) is 2.77. The van der Waals surface area contributed by atoms with E-state index in [1.165, 1.54) is 24.3 Å². The van der Waals surface area contributed by atoms with Crippen LogP contribution >= 0.6 is 0 Å². The van der Waals surface area contributed by atoms with Crippen molar-refractivity contribution in [3.63, 3.8) is 0 Å². The molecule has 1 heterocycles. The summed E-state index contributed by atoms with van der Waals surface area (Å²) in [5.41, 5.74) is 1.55. The van der Waals surface area contributed by atoms with E-state index in [4.69, 9.17) is 4.84 Å². The van der Waals surface area contributed by atoms with Crippen LogP contribution in [0.4, 0.5) is 35.1 Å². The Morgan fingerprint density at radius 2 is 1.56 bits per heavy atom. The Morgan fingerprint density at radius 3 is 2.11 bits per heavy atom. The van der Waals surface area contributed by atoms with Crippen molar-refractivity contribution in [2.24, 2.45) is 5.92 Å². The molecule has 2 N–H and O–H groups in total. The summed E-state index contributed by atoms with van der Waals surface area (Å²) in [5.74, 6) is -13.1. The smallest absolute Gasteiger partial charge is 0.352 e. The van der Waals surface area contributed by atoms with E-state index >= 15 is 0 Å². The zero-order valence-corrected chi connectivity index (χ0v) is 18.2. The lowest BCUT2D eigenvalue weighted by Crippen LogP contribution is -2.33. The Bertz CT molecular complexity index is 1200. The number of carbonyl (C=O) groups excluding carboxylic acids is 1. The highest BCUT2D eigenvalue weighted by Crippen LogP contribution is 2.29. The molecule has 0 radical (unpaired) electrons. The van der Waals surface area contributed by atoms with Gasteiger partial charge >= 0.3 is 12.1 Å². The van der Waals surface area contributed by atoms with E-state index < -0.39 is 59.2 Å². The second-order valence-corrected chi connectivity index (χ2v) is 7.50. The van der Waals surface area contributed by atoms with Gasteiger partial charge in [-0.2, -0.15) is 18.2 Å². The standard InChI is InChI=1S/C21H16F8N4O3/c1-9(7-31-35-8-12-13(22)15(24)17(26)16(25)14(12)23)6-30-19(34)11-4-2-10(3-5-11)18-32-20(36-33-18)21(27,28)29/h2-5,9,31H,6-8H2,1H3,(H,30,34). The third kappa shape index (κ3) is 6.15. The van der Waals surface area contributed by atoms with Gasteiger partial charge in [-0.3, -0.25) is 9.63 Å². The van der Waals surface area contributed by atoms with Crippen LogP contribution in [0.1, 0.15) is 28.7 Å². The van der Waals surface area contributed by atoms with E-state index in [-0.39, 0.29) is 36.0 Å². The summed E-state index contributed by atoms with van der Waals surface area (Å²) < 4.78 is 108. The molecule has 0 fully saturated rings. The van der Waals surface area contributed by atoms with Gasteiger partial charge in [-0.25, -0.2) is 27.4 Å². The summed E-state index contributed by atoms with van der Waals surface area (Å²) in [6.07, 6.45) is -4.79. The number of hydrogen-bond acceptors (Lipinski definition) is 6. The number of nitrogens with one attached hydrogen (secondary N) is 2. The molecule has 0 aliphatic carbocycles. The van der Waals surface area contributed by atoms with Crippen LogP contribution in [-0.2, 0) is 17.6 Å². The van der Waals surface area contributed by atoms with Crippen molar-refractivity contribution in [1.29, 1.82) is 0 Å². The summed E-state index contributed by atoms with van der Waals surface area (Å²) in [4.78, 5) is 20.3. The predicted octanol–water partition coefficient (Wildman–Crippen LogP) is 4.54. The molecule has 1 unspecified atom stereocenters. The SMILES string of the molecule is CC(CNOCc1c(F)c(F)c(F)c(F)c1F)CNC(=O)c1ccc(-c2noc(C(F)(F)F)n2)cc1. The third-order valence-electron chi connectivity index (χ3n) is 4.74. The van der Waals surface area contributed by atoms with Crippen LogP contribution in [0.15, 0.2) is 28.8 Å². The molecule has 0 aliphatic rings. The molecule has 15 heteroatoms. The Hall–Kier alpha value is -3.59. The summed E-state index contributed by atoms with van der Waals surface area (Å²) in [5, 5.41) is 5.83. The maximum Gasteiger partial charge on any atom is 0.471 e. The lowest BCUT2D eigenvalue weighted by atomic mass is 10.1. The zero-order valence-electron chi connectivity index (χ0n) is 18.2. The van der Waals surface area contributed by atoms with E-state index in [2.05, 4.69) is 25.5 Å². The van der Waals surface area contributed by atoms with Gasteiger partial charge in [0.1, 0.15) is 0 Å². The minimum absolute atomic E-state index is 0.0357. The van der Waals surface area contributed by atoms with Crippen molar-refractivity contribution >= 4 is 5.91 Å². The molecule has 7 nitrogen and oxygen atoms in total. The van der Waals surface area contributed by atoms with Crippen LogP contribution in [0, 0.1) is 35.0 Å². The molecule has 1 atom stereocenters. The van der Waals surface area contributed by atoms with Crippen LogP contribution in [0.3, 0.4) is 0 Å². The highest BCUT2D eigenvalue weighted by molar-refractivity contribution is 5.94. The molecule has 3 aromatic rings. The molecule has 1 amide bonds. The first-order chi connectivity index (χ1) is 16.9. The maximum atomic E-state index is 13.6. The molecule has 194 valence electrons. The van der Waals surface area contributed by atoms with Crippen LogP contribution in [0.25, 0.3) is 11.4 Å². The molecule has 0 bridgehead atoms. The topological polar surface area (TPSA) is 89.3 Å². The first-order valence-electron chi connectivity index (χ1n) is 10.0.